The molecule has 7 heteroatoms. The SMILES string of the molecule is CC1(C(=O)O)CCN(C(=O)Cn2cc(Br)ccc2=O)CC1. The topological polar surface area (TPSA) is 79.6 Å². The van der Waals surface area contributed by atoms with Gasteiger partial charge in [-0.1, -0.05) is 0 Å². The maximum atomic E-state index is 12.2. The summed E-state index contributed by atoms with van der Waals surface area (Å²) in [5.41, 5.74) is -0.998. The van der Waals surface area contributed by atoms with Gasteiger partial charge >= 0.3 is 5.97 Å². The summed E-state index contributed by atoms with van der Waals surface area (Å²) >= 11 is 3.26. The number of likely N-dealkylation sites (tertiary alicyclic amines) is 1. The molecule has 1 aromatic rings. The van der Waals surface area contributed by atoms with Crippen molar-refractivity contribution in [3.63, 3.8) is 0 Å². The highest BCUT2D eigenvalue weighted by Gasteiger charge is 2.37. The van der Waals surface area contributed by atoms with Gasteiger partial charge in [-0.15, -0.1) is 0 Å². The largest absolute Gasteiger partial charge is 0.481 e. The minimum absolute atomic E-state index is 0.0257. The molecule has 1 fully saturated rings. The van der Waals surface area contributed by atoms with Crippen LogP contribution in [0.3, 0.4) is 0 Å². The van der Waals surface area contributed by atoms with E-state index in [9.17, 15) is 19.5 Å². The Bertz CT molecular complexity index is 618. The van der Waals surface area contributed by atoms with E-state index in [2.05, 4.69) is 15.9 Å². The number of halogens is 1. The fraction of sp³-hybridized carbons (Fsp3) is 0.500. The van der Waals surface area contributed by atoms with Crippen molar-refractivity contribution >= 4 is 27.8 Å². The van der Waals surface area contributed by atoms with Crippen LogP contribution < -0.4 is 5.56 Å². The molecule has 2 rings (SSSR count). The lowest BCUT2D eigenvalue weighted by molar-refractivity contribution is -0.153. The molecule has 0 atom stereocenters. The van der Waals surface area contributed by atoms with E-state index >= 15 is 0 Å². The summed E-state index contributed by atoms with van der Waals surface area (Å²) in [5, 5.41) is 9.17. The van der Waals surface area contributed by atoms with Crippen molar-refractivity contribution in [2.75, 3.05) is 13.1 Å². The van der Waals surface area contributed by atoms with E-state index in [0.29, 0.717) is 25.9 Å². The minimum Gasteiger partial charge on any atom is -0.481 e. The van der Waals surface area contributed by atoms with E-state index < -0.39 is 11.4 Å². The van der Waals surface area contributed by atoms with Crippen molar-refractivity contribution in [3.05, 3.63) is 33.2 Å². The number of rotatable bonds is 3. The molecule has 21 heavy (non-hydrogen) atoms. The fourth-order valence-corrected chi connectivity index (χ4v) is 2.71. The number of carbonyl (C=O) groups excluding carboxylic acids is 1. The number of aliphatic carboxylic acids is 1. The Morgan fingerprint density at radius 1 is 1.33 bits per heavy atom. The Morgan fingerprint density at radius 3 is 2.52 bits per heavy atom. The summed E-state index contributed by atoms with van der Waals surface area (Å²) in [4.78, 5) is 36.7. The highest BCUT2D eigenvalue weighted by molar-refractivity contribution is 9.10. The molecule has 0 radical (unpaired) electrons. The minimum atomic E-state index is -0.821. The summed E-state index contributed by atoms with van der Waals surface area (Å²) in [7, 11) is 0. The standard InChI is InChI=1S/C14H17BrN2O4/c1-14(13(20)21)4-6-16(7-5-14)12(19)9-17-8-10(15)2-3-11(17)18/h2-3,8H,4-7,9H2,1H3,(H,20,21). The molecule has 114 valence electrons. The van der Waals surface area contributed by atoms with Crippen molar-refractivity contribution in [2.45, 2.75) is 26.3 Å². The Labute approximate surface area is 130 Å². The van der Waals surface area contributed by atoms with Gasteiger partial charge in [-0.05, 0) is 41.8 Å². The smallest absolute Gasteiger partial charge is 0.309 e. The lowest BCUT2D eigenvalue weighted by Gasteiger charge is -2.36. The van der Waals surface area contributed by atoms with Crippen LogP contribution in [0.5, 0.6) is 0 Å². The van der Waals surface area contributed by atoms with E-state index in [-0.39, 0.29) is 18.0 Å². The third-order valence-corrected chi connectivity index (χ3v) is 4.46. The van der Waals surface area contributed by atoms with Crippen LogP contribution in [0.4, 0.5) is 0 Å². The van der Waals surface area contributed by atoms with E-state index in [1.165, 1.54) is 10.6 Å². The third-order valence-electron chi connectivity index (χ3n) is 3.99. The van der Waals surface area contributed by atoms with Crippen molar-refractivity contribution in [1.29, 1.82) is 0 Å². The fourth-order valence-electron chi connectivity index (χ4n) is 2.33. The molecular weight excluding hydrogens is 340 g/mol. The molecule has 0 unspecified atom stereocenters. The predicted octanol–water partition coefficient (Wildman–Crippen LogP) is 1.32. The maximum Gasteiger partial charge on any atom is 0.309 e. The van der Waals surface area contributed by atoms with E-state index in [1.807, 2.05) is 0 Å². The second kappa shape index (κ2) is 6.01. The van der Waals surface area contributed by atoms with E-state index in [4.69, 9.17) is 0 Å². The number of carboxylic acid groups (broad SMARTS) is 1. The number of carbonyl (C=O) groups is 2. The van der Waals surface area contributed by atoms with Crippen LogP contribution in [0.2, 0.25) is 0 Å². The van der Waals surface area contributed by atoms with Crippen LogP contribution in [0.15, 0.2) is 27.6 Å². The highest BCUT2D eigenvalue weighted by Crippen LogP contribution is 2.31. The summed E-state index contributed by atoms with van der Waals surface area (Å²) in [6, 6.07) is 3.03. The van der Waals surface area contributed by atoms with Gasteiger partial charge in [0.2, 0.25) is 5.91 Å². The zero-order chi connectivity index (χ0) is 15.6. The van der Waals surface area contributed by atoms with Gasteiger partial charge < -0.3 is 14.6 Å². The second-order valence-electron chi connectivity index (χ2n) is 5.56. The molecule has 0 bridgehead atoms. The van der Waals surface area contributed by atoms with Crippen molar-refractivity contribution in [3.8, 4) is 0 Å². The third kappa shape index (κ3) is 3.53. The van der Waals surface area contributed by atoms with Crippen LogP contribution >= 0.6 is 15.9 Å². The van der Waals surface area contributed by atoms with Gasteiger partial charge in [-0.3, -0.25) is 14.4 Å². The lowest BCUT2D eigenvalue weighted by atomic mass is 9.80. The molecule has 1 amide bonds. The Hall–Kier alpha value is -1.63. The molecule has 1 aliphatic heterocycles. The Kier molecular flexibility index (Phi) is 4.51. The van der Waals surface area contributed by atoms with Gasteiger partial charge in [0.05, 0.1) is 5.41 Å². The number of pyridine rings is 1. The molecule has 0 aliphatic carbocycles. The van der Waals surface area contributed by atoms with Crippen LogP contribution in [0, 0.1) is 5.41 Å². The van der Waals surface area contributed by atoms with Crippen molar-refractivity contribution in [1.82, 2.24) is 9.47 Å². The van der Waals surface area contributed by atoms with Gasteiger partial charge in [-0.25, -0.2) is 0 Å². The molecule has 1 aromatic heterocycles. The van der Waals surface area contributed by atoms with Crippen LogP contribution in [0.1, 0.15) is 19.8 Å². The molecule has 1 aliphatic rings. The molecule has 2 heterocycles. The number of aromatic nitrogens is 1. The second-order valence-corrected chi connectivity index (χ2v) is 6.48. The van der Waals surface area contributed by atoms with Gasteiger partial charge in [0, 0.05) is 29.8 Å². The number of piperidine rings is 1. The van der Waals surface area contributed by atoms with E-state index in [1.54, 1.807) is 24.1 Å². The number of nitrogens with zero attached hydrogens (tertiary/aromatic N) is 2. The average Bonchev–Trinajstić information content (AvgIpc) is 2.43. The first kappa shape index (κ1) is 15.8. The molecule has 0 aromatic carbocycles. The summed E-state index contributed by atoms with van der Waals surface area (Å²) < 4.78 is 2.07. The molecule has 0 saturated carbocycles. The Balaban J connectivity index is 2.01. The molecule has 6 nitrogen and oxygen atoms in total. The normalized spacial score (nSPS) is 17.5. The lowest BCUT2D eigenvalue weighted by Crippen LogP contribution is -2.46. The molecular formula is C14H17BrN2O4. The van der Waals surface area contributed by atoms with Gasteiger partial charge in [0.15, 0.2) is 0 Å². The number of hydrogen-bond acceptors (Lipinski definition) is 3. The van der Waals surface area contributed by atoms with Crippen LogP contribution in [-0.4, -0.2) is 39.5 Å². The highest BCUT2D eigenvalue weighted by atomic mass is 79.9. The maximum absolute atomic E-state index is 12.2. The molecule has 0 spiro atoms. The van der Waals surface area contributed by atoms with Gasteiger partial charge in [0.1, 0.15) is 6.54 Å². The predicted molar refractivity (Wildman–Crippen MR) is 80.0 cm³/mol. The molecule has 1 saturated heterocycles. The van der Waals surface area contributed by atoms with Crippen molar-refractivity contribution in [2.24, 2.45) is 5.41 Å². The van der Waals surface area contributed by atoms with Gasteiger partial charge in [-0.2, -0.15) is 0 Å². The van der Waals surface area contributed by atoms with Crippen LogP contribution in [-0.2, 0) is 16.1 Å². The number of carboxylic acids is 1. The summed E-state index contributed by atoms with van der Waals surface area (Å²) in [5.74, 6) is -0.986. The van der Waals surface area contributed by atoms with E-state index in [0.717, 1.165) is 4.47 Å². The monoisotopic (exact) mass is 356 g/mol. The summed E-state index contributed by atoms with van der Waals surface area (Å²) in [6.45, 7) is 2.49. The first-order valence-electron chi connectivity index (χ1n) is 6.69. The quantitative estimate of drug-likeness (QED) is 0.885. The van der Waals surface area contributed by atoms with Crippen LogP contribution in [0.25, 0.3) is 0 Å². The number of amides is 1. The zero-order valence-electron chi connectivity index (χ0n) is 11.7. The zero-order valence-corrected chi connectivity index (χ0v) is 13.3. The Morgan fingerprint density at radius 2 is 1.95 bits per heavy atom. The average molecular weight is 357 g/mol. The first-order chi connectivity index (χ1) is 9.82. The van der Waals surface area contributed by atoms with Crippen molar-refractivity contribution < 1.29 is 14.7 Å². The summed E-state index contributed by atoms with van der Waals surface area (Å²) in [6.07, 6.45) is 2.44. The molecule has 1 N–H and O–H groups in total. The first-order valence-corrected chi connectivity index (χ1v) is 7.48. The number of hydrogen-bond donors (Lipinski definition) is 1. The van der Waals surface area contributed by atoms with Gasteiger partial charge in [0.25, 0.3) is 5.56 Å².